The highest BCUT2D eigenvalue weighted by Crippen LogP contribution is 2.41. The molecule has 18 heavy (non-hydrogen) atoms. The van der Waals surface area contributed by atoms with Crippen LogP contribution >= 0.6 is 0 Å². The van der Waals surface area contributed by atoms with E-state index in [2.05, 4.69) is 0 Å². The number of benzene rings is 2. The van der Waals surface area contributed by atoms with Crippen molar-refractivity contribution in [2.24, 2.45) is 0 Å². The average molecular weight is 261 g/mol. The van der Waals surface area contributed by atoms with Crippen molar-refractivity contribution in [3.05, 3.63) is 47.5 Å². The fourth-order valence-electron chi connectivity index (χ4n) is 2.51. The number of nitrogen functional groups attached to an aromatic ring is 1. The molecule has 4 nitrogen and oxygen atoms in total. The maximum absolute atomic E-state index is 11.4. The maximum atomic E-state index is 11.4. The minimum absolute atomic E-state index is 0.0871. The zero-order chi connectivity index (χ0) is 12.9. The Kier molecular flexibility index (Phi) is 2.23. The highest BCUT2D eigenvalue weighted by molar-refractivity contribution is 7.86. The van der Waals surface area contributed by atoms with E-state index >= 15 is 0 Å². The molecule has 0 bridgehead atoms. The molecular weight excluding hydrogens is 250 g/mol. The number of rotatable bonds is 1. The Morgan fingerprint density at radius 1 is 1.06 bits per heavy atom. The molecule has 0 saturated carbocycles. The quantitative estimate of drug-likeness (QED) is 0.519. The minimum atomic E-state index is -4.30. The van der Waals surface area contributed by atoms with Gasteiger partial charge >= 0.3 is 0 Å². The second-order valence-corrected chi connectivity index (χ2v) is 5.68. The molecule has 0 aliphatic heterocycles. The molecule has 0 saturated heterocycles. The monoisotopic (exact) mass is 261 g/mol. The Bertz CT molecular complexity index is 751. The molecule has 92 valence electrons. The van der Waals surface area contributed by atoms with E-state index in [1.807, 2.05) is 24.3 Å². The first-order valence-electron chi connectivity index (χ1n) is 5.45. The van der Waals surface area contributed by atoms with Gasteiger partial charge in [-0.05, 0) is 28.3 Å². The van der Waals surface area contributed by atoms with Crippen LogP contribution in [0.25, 0.3) is 11.1 Å². The van der Waals surface area contributed by atoms with Crippen LogP contribution < -0.4 is 5.73 Å². The van der Waals surface area contributed by atoms with Crippen molar-refractivity contribution in [3.8, 4) is 11.1 Å². The van der Waals surface area contributed by atoms with Crippen LogP contribution in [0.2, 0.25) is 0 Å². The molecule has 5 heteroatoms. The van der Waals surface area contributed by atoms with E-state index in [4.69, 9.17) is 5.73 Å². The van der Waals surface area contributed by atoms with Crippen molar-refractivity contribution >= 4 is 15.8 Å². The standard InChI is InChI=1S/C13H11NO3S/c14-12-6-5-10-9-4-2-1-3-8(9)7-11(10)13(12)18(15,16)17/h1-6H,7,14H2,(H,15,16,17). The molecule has 0 unspecified atom stereocenters. The fourth-order valence-corrected chi connectivity index (χ4v) is 3.37. The van der Waals surface area contributed by atoms with Crippen LogP contribution in [0.4, 0.5) is 5.69 Å². The van der Waals surface area contributed by atoms with E-state index < -0.39 is 10.1 Å². The summed E-state index contributed by atoms with van der Waals surface area (Å²) in [4.78, 5) is -0.156. The van der Waals surface area contributed by atoms with Crippen LogP contribution in [0.15, 0.2) is 41.3 Å². The van der Waals surface area contributed by atoms with Crippen LogP contribution in [0.5, 0.6) is 0 Å². The second kappa shape index (κ2) is 3.57. The van der Waals surface area contributed by atoms with Crippen molar-refractivity contribution < 1.29 is 13.0 Å². The second-order valence-electron chi connectivity index (χ2n) is 4.32. The Morgan fingerprint density at radius 3 is 2.50 bits per heavy atom. The van der Waals surface area contributed by atoms with Gasteiger partial charge in [-0.3, -0.25) is 4.55 Å². The molecule has 2 aromatic rings. The summed E-state index contributed by atoms with van der Waals surface area (Å²) in [5.74, 6) is 0. The lowest BCUT2D eigenvalue weighted by Gasteiger charge is -2.08. The number of hydrogen-bond acceptors (Lipinski definition) is 3. The molecule has 1 aliphatic carbocycles. The third-order valence-electron chi connectivity index (χ3n) is 3.22. The summed E-state index contributed by atoms with van der Waals surface area (Å²) < 4.78 is 32.2. The molecule has 0 radical (unpaired) electrons. The molecule has 0 fully saturated rings. The zero-order valence-corrected chi connectivity index (χ0v) is 10.2. The number of nitrogens with two attached hydrogens (primary N) is 1. The van der Waals surface area contributed by atoms with E-state index in [-0.39, 0.29) is 10.6 Å². The SMILES string of the molecule is Nc1ccc2c(c1S(=O)(=O)O)Cc1ccccc1-2. The van der Waals surface area contributed by atoms with Gasteiger partial charge < -0.3 is 5.73 Å². The van der Waals surface area contributed by atoms with Crippen molar-refractivity contribution in [1.82, 2.24) is 0 Å². The zero-order valence-electron chi connectivity index (χ0n) is 9.42. The normalized spacial score (nSPS) is 13.2. The molecule has 0 atom stereocenters. The lowest BCUT2D eigenvalue weighted by molar-refractivity contribution is 0.483. The molecule has 3 rings (SSSR count). The third-order valence-corrected chi connectivity index (χ3v) is 4.22. The topological polar surface area (TPSA) is 80.4 Å². The molecule has 0 heterocycles. The van der Waals surface area contributed by atoms with E-state index in [1.165, 1.54) is 6.07 Å². The van der Waals surface area contributed by atoms with Gasteiger partial charge in [-0.15, -0.1) is 0 Å². The van der Waals surface area contributed by atoms with Crippen LogP contribution in [-0.2, 0) is 16.5 Å². The summed E-state index contributed by atoms with van der Waals surface area (Å²) in [7, 11) is -4.30. The first-order chi connectivity index (χ1) is 8.48. The van der Waals surface area contributed by atoms with Gasteiger partial charge in [0.05, 0.1) is 5.69 Å². The van der Waals surface area contributed by atoms with Crippen molar-refractivity contribution in [3.63, 3.8) is 0 Å². The van der Waals surface area contributed by atoms with Gasteiger partial charge in [-0.1, -0.05) is 30.3 Å². The Morgan fingerprint density at radius 2 is 1.78 bits per heavy atom. The van der Waals surface area contributed by atoms with Gasteiger partial charge in [0.25, 0.3) is 10.1 Å². The third kappa shape index (κ3) is 1.52. The van der Waals surface area contributed by atoms with Crippen LogP contribution in [0.1, 0.15) is 11.1 Å². The van der Waals surface area contributed by atoms with E-state index in [9.17, 15) is 13.0 Å². The average Bonchev–Trinajstić information content (AvgIpc) is 2.64. The van der Waals surface area contributed by atoms with Crippen molar-refractivity contribution in [2.45, 2.75) is 11.3 Å². The summed E-state index contributed by atoms with van der Waals surface area (Å²) >= 11 is 0. The fraction of sp³-hybridized carbons (Fsp3) is 0.0769. The minimum Gasteiger partial charge on any atom is -0.398 e. The summed E-state index contributed by atoms with van der Waals surface area (Å²) in [5.41, 5.74) is 9.21. The first-order valence-corrected chi connectivity index (χ1v) is 6.89. The smallest absolute Gasteiger partial charge is 0.296 e. The van der Waals surface area contributed by atoms with Crippen LogP contribution in [-0.4, -0.2) is 13.0 Å². The van der Waals surface area contributed by atoms with Gasteiger partial charge in [0.15, 0.2) is 0 Å². The lowest BCUT2D eigenvalue weighted by atomic mass is 10.1. The molecule has 2 aromatic carbocycles. The number of fused-ring (bicyclic) bond motifs is 3. The van der Waals surface area contributed by atoms with E-state index in [0.29, 0.717) is 12.0 Å². The van der Waals surface area contributed by atoms with Crippen molar-refractivity contribution in [1.29, 1.82) is 0 Å². The summed E-state index contributed by atoms with van der Waals surface area (Å²) in [6.45, 7) is 0. The highest BCUT2D eigenvalue weighted by Gasteiger charge is 2.27. The predicted octanol–water partition coefficient (Wildman–Crippen LogP) is 2.09. The molecule has 0 spiro atoms. The van der Waals surface area contributed by atoms with Gasteiger partial charge in [0.2, 0.25) is 0 Å². The molecule has 1 aliphatic rings. The Hall–Kier alpha value is -1.85. The van der Waals surface area contributed by atoms with Gasteiger partial charge in [0.1, 0.15) is 4.90 Å². The van der Waals surface area contributed by atoms with Crippen molar-refractivity contribution in [2.75, 3.05) is 5.73 Å². The van der Waals surface area contributed by atoms with E-state index in [0.717, 1.165) is 16.7 Å². The van der Waals surface area contributed by atoms with Gasteiger partial charge in [-0.25, -0.2) is 0 Å². The largest absolute Gasteiger partial charge is 0.398 e. The van der Waals surface area contributed by atoms with Crippen LogP contribution in [0.3, 0.4) is 0 Å². The maximum Gasteiger partial charge on any atom is 0.296 e. The number of hydrogen-bond donors (Lipinski definition) is 2. The predicted molar refractivity (Wildman–Crippen MR) is 68.9 cm³/mol. The lowest BCUT2D eigenvalue weighted by Crippen LogP contribution is -2.07. The molecule has 3 N–H and O–H groups in total. The Labute approximate surface area is 105 Å². The summed E-state index contributed by atoms with van der Waals surface area (Å²) in [5, 5.41) is 0. The summed E-state index contributed by atoms with van der Waals surface area (Å²) in [6.07, 6.45) is 0.478. The van der Waals surface area contributed by atoms with Gasteiger partial charge in [0, 0.05) is 6.42 Å². The van der Waals surface area contributed by atoms with E-state index in [1.54, 1.807) is 6.07 Å². The molecule has 0 amide bonds. The summed E-state index contributed by atoms with van der Waals surface area (Å²) in [6, 6.07) is 11.0. The van der Waals surface area contributed by atoms with Crippen LogP contribution in [0, 0.1) is 0 Å². The van der Waals surface area contributed by atoms with Gasteiger partial charge in [-0.2, -0.15) is 8.42 Å². The number of anilines is 1. The Balaban J connectivity index is 2.36. The highest BCUT2D eigenvalue weighted by atomic mass is 32.2. The first kappa shape index (κ1) is 11.3. The molecule has 0 aromatic heterocycles. The molecular formula is C13H11NO3S.